The standard InChI is InChI=1S/C21H28N2O4/c1-15-6-5-7-16(14-15)27-13-12-22(2)19(24)10-11-23-20(25)17-8-3-4-9-18(17)21(23)26/h5-7,14,17-18H,3-4,8-13H2,1-2H3. The molecule has 0 N–H and O–H groups in total. The van der Waals surface area contributed by atoms with E-state index in [9.17, 15) is 14.4 Å². The van der Waals surface area contributed by atoms with Crippen molar-refractivity contribution in [3.8, 4) is 5.75 Å². The largest absolute Gasteiger partial charge is 0.492 e. The van der Waals surface area contributed by atoms with Gasteiger partial charge in [0, 0.05) is 20.0 Å². The molecule has 1 aromatic rings. The monoisotopic (exact) mass is 372 g/mol. The maximum absolute atomic E-state index is 12.4. The van der Waals surface area contributed by atoms with Crippen molar-refractivity contribution in [3.63, 3.8) is 0 Å². The minimum Gasteiger partial charge on any atom is -0.492 e. The first-order valence-electron chi connectivity index (χ1n) is 9.76. The zero-order chi connectivity index (χ0) is 19.4. The van der Waals surface area contributed by atoms with Crippen LogP contribution >= 0.6 is 0 Å². The smallest absolute Gasteiger partial charge is 0.233 e. The van der Waals surface area contributed by atoms with Crippen LogP contribution in [0.4, 0.5) is 0 Å². The molecule has 146 valence electrons. The minimum absolute atomic E-state index is 0.0806. The molecule has 2 aliphatic rings. The summed E-state index contributed by atoms with van der Waals surface area (Å²) in [5.41, 5.74) is 1.12. The number of aryl methyl sites for hydroxylation is 1. The van der Waals surface area contributed by atoms with Crippen molar-refractivity contribution in [2.45, 2.75) is 39.0 Å². The number of likely N-dealkylation sites (tertiary alicyclic amines) is 1. The highest BCUT2D eigenvalue weighted by Crippen LogP contribution is 2.37. The second-order valence-corrected chi connectivity index (χ2v) is 7.56. The zero-order valence-electron chi connectivity index (χ0n) is 16.1. The number of amides is 3. The van der Waals surface area contributed by atoms with Crippen LogP contribution in [0.2, 0.25) is 0 Å². The van der Waals surface area contributed by atoms with E-state index in [0.717, 1.165) is 37.0 Å². The molecule has 1 aliphatic heterocycles. The molecule has 0 bridgehead atoms. The molecule has 2 unspecified atom stereocenters. The lowest BCUT2D eigenvalue weighted by Crippen LogP contribution is -2.37. The first-order chi connectivity index (χ1) is 13.0. The molecule has 3 amide bonds. The van der Waals surface area contributed by atoms with Crippen LogP contribution in [0.3, 0.4) is 0 Å². The van der Waals surface area contributed by atoms with Crippen LogP contribution in [-0.4, -0.2) is 54.3 Å². The van der Waals surface area contributed by atoms with Gasteiger partial charge in [0.25, 0.3) is 0 Å². The van der Waals surface area contributed by atoms with E-state index in [-0.39, 0.29) is 42.5 Å². The summed E-state index contributed by atoms with van der Waals surface area (Å²) < 4.78 is 5.67. The number of nitrogens with zero attached hydrogens (tertiary/aromatic N) is 2. The van der Waals surface area contributed by atoms with Gasteiger partial charge in [-0.25, -0.2) is 0 Å². The van der Waals surface area contributed by atoms with Gasteiger partial charge in [0.1, 0.15) is 12.4 Å². The van der Waals surface area contributed by atoms with E-state index in [1.807, 2.05) is 31.2 Å². The van der Waals surface area contributed by atoms with Crippen molar-refractivity contribution in [1.29, 1.82) is 0 Å². The van der Waals surface area contributed by atoms with Crippen LogP contribution in [0.5, 0.6) is 5.75 Å². The van der Waals surface area contributed by atoms with Crippen LogP contribution in [0.1, 0.15) is 37.7 Å². The van der Waals surface area contributed by atoms with E-state index in [1.54, 1.807) is 11.9 Å². The number of hydrogen-bond acceptors (Lipinski definition) is 4. The third-order valence-corrected chi connectivity index (χ3v) is 5.59. The molecule has 1 saturated heterocycles. The second kappa shape index (κ2) is 8.55. The zero-order valence-corrected chi connectivity index (χ0v) is 16.1. The number of ether oxygens (including phenoxy) is 1. The summed E-state index contributed by atoms with van der Waals surface area (Å²) in [4.78, 5) is 40.1. The van der Waals surface area contributed by atoms with Gasteiger partial charge >= 0.3 is 0 Å². The summed E-state index contributed by atoms with van der Waals surface area (Å²) in [5, 5.41) is 0. The molecule has 1 aromatic carbocycles. The van der Waals surface area contributed by atoms with Gasteiger partial charge in [0.05, 0.1) is 18.4 Å². The van der Waals surface area contributed by atoms with E-state index in [1.165, 1.54) is 4.90 Å². The predicted octanol–water partition coefficient (Wildman–Crippen LogP) is 2.40. The lowest BCUT2D eigenvalue weighted by Gasteiger charge is -2.20. The molecular formula is C21H28N2O4. The molecule has 3 rings (SSSR count). The summed E-state index contributed by atoms with van der Waals surface area (Å²) in [5.74, 6) is 0.236. The van der Waals surface area contributed by atoms with Crippen LogP contribution < -0.4 is 4.74 Å². The number of carbonyl (C=O) groups excluding carboxylic acids is 3. The Bertz CT molecular complexity index is 694. The number of carbonyl (C=O) groups is 3. The van der Waals surface area contributed by atoms with E-state index < -0.39 is 0 Å². The average Bonchev–Trinajstić information content (AvgIpc) is 2.90. The summed E-state index contributed by atoms with van der Waals surface area (Å²) in [6.07, 6.45) is 3.79. The Morgan fingerprint density at radius 1 is 1.19 bits per heavy atom. The molecular weight excluding hydrogens is 344 g/mol. The van der Waals surface area contributed by atoms with Crippen molar-refractivity contribution in [3.05, 3.63) is 29.8 Å². The number of benzene rings is 1. The van der Waals surface area contributed by atoms with Crippen LogP contribution in [-0.2, 0) is 14.4 Å². The Morgan fingerprint density at radius 3 is 2.48 bits per heavy atom. The molecule has 2 atom stereocenters. The lowest BCUT2D eigenvalue weighted by atomic mass is 9.81. The fourth-order valence-electron chi connectivity index (χ4n) is 3.98. The quantitative estimate of drug-likeness (QED) is 0.690. The first-order valence-corrected chi connectivity index (χ1v) is 9.76. The molecule has 0 spiro atoms. The molecule has 6 nitrogen and oxygen atoms in total. The number of hydrogen-bond donors (Lipinski definition) is 0. The van der Waals surface area contributed by atoms with Crippen molar-refractivity contribution in [1.82, 2.24) is 9.80 Å². The summed E-state index contributed by atoms with van der Waals surface area (Å²) in [6.45, 7) is 3.05. The normalized spacial score (nSPS) is 21.9. The fraction of sp³-hybridized carbons (Fsp3) is 0.571. The lowest BCUT2D eigenvalue weighted by molar-refractivity contribution is -0.140. The van der Waals surface area contributed by atoms with E-state index in [4.69, 9.17) is 4.74 Å². The van der Waals surface area contributed by atoms with Crippen LogP contribution in [0.15, 0.2) is 24.3 Å². The van der Waals surface area contributed by atoms with Gasteiger partial charge in [-0.05, 0) is 37.5 Å². The highest BCUT2D eigenvalue weighted by Gasteiger charge is 2.47. The highest BCUT2D eigenvalue weighted by atomic mass is 16.5. The van der Waals surface area contributed by atoms with Gasteiger partial charge in [-0.2, -0.15) is 0 Å². The van der Waals surface area contributed by atoms with Crippen molar-refractivity contribution in [2.24, 2.45) is 11.8 Å². The van der Waals surface area contributed by atoms with E-state index in [0.29, 0.717) is 13.2 Å². The van der Waals surface area contributed by atoms with Gasteiger partial charge in [-0.15, -0.1) is 0 Å². The maximum Gasteiger partial charge on any atom is 0.233 e. The number of likely N-dealkylation sites (N-methyl/N-ethyl adjacent to an activating group) is 1. The molecule has 1 saturated carbocycles. The Morgan fingerprint density at radius 2 is 1.85 bits per heavy atom. The minimum atomic E-state index is -0.151. The van der Waals surface area contributed by atoms with Gasteiger partial charge < -0.3 is 9.64 Å². The first kappa shape index (κ1) is 19.4. The fourth-order valence-corrected chi connectivity index (χ4v) is 3.98. The SMILES string of the molecule is Cc1cccc(OCCN(C)C(=O)CCN2C(=O)C3CCCCC3C2=O)c1. The molecule has 1 heterocycles. The van der Waals surface area contributed by atoms with Crippen molar-refractivity contribution in [2.75, 3.05) is 26.7 Å². The predicted molar refractivity (Wildman–Crippen MR) is 101 cm³/mol. The molecule has 1 aliphatic carbocycles. The topological polar surface area (TPSA) is 66.9 Å². The number of fused-ring (bicyclic) bond motifs is 1. The molecule has 27 heavy (non-hydrogen) atoms. The Hall–Kier alpha value is -2.37. The summed E-state index contributed by atoms with van der Waals surface area (Å²) >= 11 is 0. The Kier molecular flexibility index (Phi) is 6.14. The van der Waals surface area contributed by atoms with Crippen molar-refractivity contribution >= 4 is 17.7 Å². The molecule has 2 fully saturated rings. The molecule has 6 heteroatoms. The Balaban J connectivity index is 1.43. The van der Waals surface area contributed by atoms with Gasteiger partial charge in [0.2, 0.25) is 17.7 Å². The summed E-state index contributed by atoms with van der Waals surface area (Å²) in [6, 6.07) is 7.77. The van der Waals surface area contributed by atoms with Crippen LogP contribution in [0, 0.1) is 18.8 Å². The maximum atomic E-state index is 12.4. The van der Waals surface area contributed by atoms with Crippen molar-refractivity contribution < 1.29 is 19.1 Å². The number of rotatable bonds is 7. The van der Waals surface area contributed by atoms with Gasteiger partial charge in [-0.3, -0.25) is 19.3 Å². The van der Waals surface area contributed by atoms with Gasteiger partial charge in [-0.1, -0.05) is 25.0 Å². The third-order valence-electron chi connectivity index (χ3n) is 5.59. The van der Waals surface area contributed by atoms with E-state index in [2.05, 4.69) is 0 Å². The molecule has 0 aromatic heterocycles. The van der Waals surface area contributed by atoms with E-state index >= 15 is 0 Å². The summed E-state index contributed by atoms with van der Waals surface area (Å²) in [7, 11) is 1.72. The third kappa shape index (κ3) is 4.49. The van der Waals surface area contributed by atoms with Gasteiger partial charge in [0.15, 0.2) is 0 Å². The Labute approximate surface area is 160 Å². The van der Waals surface area contributed by atoms with Crippen LogP contribution in [0.25, 0.3) is 0 Å². The molecule has 0 radical (unpaired) electrons. The second-order valence-electron chi connectivity index (χ2n) is 7.56. The average molecular weight is 372 g/mol. The number of imide groups is 1. The highest BCUT2D eigenvalue weighted by molar-refractivity contribution is 6.05.